The van der Waals surface area contributed by atoms with E-state index in [1.807, 2.05) is 11.8 Å². The minimum atomic E-state index is -1.14. The Labute approximate surface area is 279 Å². The zero-order valence-corrected chi connectivity index (χ0v) is 27.8. The number of ether oxygens (including phenoxy) is 1. The number of amides is 2. The molecule has 8 rings (SSSR count). The Morgan fingerprint density at radius 2 is 1.79 bits per heavy atom. The Morgan fingerprint density at radius 1 is 1.02 bits per heavy atom. The summed E-state index contributed by atoms with van der Waals surface area (Å²) in [6, 6.07) is 10.0. The van der Waals surface area contributed by atoms with Crippen LogP contribution in [0, 0.1) is 18.8 Å². The van der Waals surface area contributed by atoms with Gasteiger partial charge in [0, 0.05) is 61.2 Å². The quantitative estimate of drug-likeness (QED) is 0.299. The number of nitrogens with two attached hydrogens (primary N) is 1. The maximum Gasteiger partial charge on any atom is 0.255 e. The third-order valence-electron chi connectivity index (χ3n) is 11.1. The van der Waals surface area contributed by atoms with E-state index < -0.39 is 12.2 Å². The van der Waals surface area contributed by atoms with Crippen molar-refractivity contribution in [3.8, 4) is 17.1 Å². The number of hydrogen-bond acceptors (Lipinski definition) is 6. The van der Waals surface area contributed by atoms with E-state index in [2.05, 4.69) is 28.8 Å². The molecule has 2 aliphatic heterocycles. The van der Waals surface area contributed by atoms with Gasteiger partial charge in [-0.15, -0.1) is 0 Å². The minimum Gasteiger partial charge on any atom is -0.494 e. The summed E-state index contributed by atoms with van der Waals surface area (Å²) in [5.41, 5.74) is 12.5. The van der Waals surface area contributed by atoms with Gasteiger partial charge in [0.25, 0.3) is 5.91 Å². The summed E-state index contributed by atoms with van der Waals surface area (Å²) >= 11 is 0. The number of aliphatic hydroxyl groups is 1. The van der Waals surface area contributed by atoms with Crippen molar-refractivity contribution in [2.45, 2.75) is 82.6 Å². The molecule has 48 heavy (non-hydrogen) atoms. The molecule has 1 aromatic carbocycles. The molecule has 0 bridgehead atoms. The van der Waals surface area contributed by atoms with Crippen molar-refractivity contribution in [2.75, 3.05) is 33.3 Å². The van der Waals surface area contributed by atoms with E-state index in [-0.39, 0.29) is 42.7 Å². The van der Waals surface area contributed by atoms with Crippen molar-refractivity contribution in [1.29, 1.82) is 0 Å². The number of carbonyl (C=O) groups is 2. The van der Waals surface area contributed by atoms with Crippen LogP contribution < -0.4 is 10.5 Å². The number of methoxy groups -OCH3 is 1. The maximum absolute atomic E-state index is 14.3. The molecule has 0 spiro atoms. The van der Waals surface area contributed by atoms with Gasteiger partial charge in [0.15, 0.2) is 0 Å². The van der Waals surface area contributed by atoms with Crippen LogP contribution in [0.15, 0.2) is 36.5 Å². The third-order valence-corrected chi connectivity index (χ3v) is 11.1. The summed E-state index contributed by atoms with van der Waals surface area (Å²) in [6.45, 7) is 4.70. The highest BCUT2D eigenvalue weighted by Gasteiger charge is 2.38. The summed E-state index contributed by atoms with van der Waals surface area (Å²) in [5, 5.41) is 16.1. The molecule has 4 aliphatic rings. The number of aliphatic hydroxyl groups excluding tert-OH is 1. The molecule has 2 saturated heterocycles. The van der Waals surface area contributed by atoms with Crippen LogP contribution in [0.4, 0.5) is 4.39 Å². The van der Waals surface area contributed by atoms with Gasteiger partial charge in [-0.05, 0) is 75.5 Å². The fourth-order valence-corrected chi connectivity index (χ4v) is 8.29. The van der Waals surface area contributed by atoms with Gasteiger partial charge in [0.2, 0.25) is 5.91 Å². The van der Waals surface area contributed by atoms with Crippen LogP contribution in [0.25, 0.3) is 27.8 Å². The number of fused-ring (bicyclic) bond motifs is 2. The van der Waals surface area contributed by atoms with E-state index in [0.29, 0.717) is 49.7 Å². The summed E-state index contributed by atoms with van der Waals surface area (Å²) < 4.78 is 24.3. The van der Waals surface area contributed by atoms with Crippen molar-refractivity contribution in [3.05, 3.63) is 53.2 Å². The maximum atomic E-state index is 14.3. The Hall–Kier alpha value is -3.96. The zero-order chi connectivity index (χ0) is 33.3. The highest BCUT2D eigenvalue weighted by molar-refractivity contribution is 5.96. The first kappa shape index (κ1) is 31.3. The predicted octanol–water partition coefficient (Wildman–Crippen LogP) is 4.67. The number of benzene rings is 1. The van der Waals surface area contributed by atoms with Crippen molar-refractivity contribution >= 4 is 28.2 Å². The second kappa shape index (κ2) is 12.2. The van der Waals surface area contributed by atoms with Crippen LogP contribution in [0.1, 0.15) is 72.3 Å². The minimum absolute atomic E-state index is 0.0253. The molecule has 4 aromatic rings. The van der Waals surface area contributed by atoms with Crippen LogP contribution in [0.3, 0.4) is 0 Å². The summed E-state index contributed by atoms with van der Waals surface area (Å²) in [7, 11) is 1.59. The second-order valence-electron chi connectivity index (χ2n) is 14.7. The standard InChI is InChI=1S/C37H45FN6O4/c1-21-33(40-44-18-25(13-32(48-2)34(21)44)37(47)42-19-27(38)14-28(39)20-42)31-12-24-4-3-5-30(35(24)43(31)15-22-6-7-22)26-16-41(17-26)36(46)23-8-10-29(45)11-9-23/h3-5,12-13,18,22-23,26-29,45H,6-11,14-17,19-20,39H2,1-2H3/t23-,27-,28-,29+/m1/s1. The van der Waals surface area contributed by atoms with E-state index in [1.54, 1.807) is 23.9 Å². The summed E-state index contributed by atoms with van der Waals surface area (Å²) in [5.74, 6) is 1.38. The normalized spacial score (nSPS) is 25.1. The average molecular weight is 657 g/mol. The molecule has 3 aromatic heterocycles. The topological polar surface area (TPSA) is 118 Å². The fraction of sp³-hybridized carbons (Fsp3) is 0.541. The largest absolute Gasteiger partial charge is 0.494 e. The number of aromatic nitrogens is 3. The number of likely N-dealkylation sites (tertiary alicyclic amines) is 2. The Balaban J connectivity index is 1.14. The highest BCUT2D eigenvalue weighted by Crippen LogP contribution is 2.42. The number of pyridine rings is 1. The van der Waals surface area contributed by atoms with Crippen LogP contribution >= 0.6 is 0 Å². The molecule has 2 saturated carbocycles. The Kier molecular flexibility index (Phi) is 7.94. The smallest absolute Gasteiger partial charge is 0.255 e. The van der Waals surface area contributed by atoms with Gasteiger partial charge in [-0.3, -0.25) is 9.59 Å². The monoisotopic (exact) mass is 656 g/mol. The van der Waals surface area contributed by atoms with Gasteiger partial charge in [-0.25, -0.2) is 8.91 Å². The Bertz CT molecular complexity index is 1870. The third kappa shape index (κ3) is 5.54. The van der Waals surface area contributed by atoms with Crippen molar-refractivity contribution in [3.63, 3.8) is 0 Å². The SMILES string of the molecule is COc1cc(C(=O)N2C[C@H](N)C[C@@H](F)C2)cn2nc(-c3cc4cccc(C5CN(C(=O)[C@H]6CC[C@@H](O)CC6)C5)c4n3CC3CC3)c(C)c12. The lowest BCUT2D eigenvalue weighted by molar-refractivity contribution is -0.141. The molecule has 10 nitrogen and oxygen atoms in total. The molecule has 2 atom stereocenters. The second-order valence-corrected chi connectivity index (χ2v) is 14.7. The zero-order valence-electron chi connectivity index (χ0n) is 27.8. The van der Waals surface area contributed by atoms with Gasteiger partial charge in [-0.2, -0.15) is 5.10 Å². The molecule has 11 heteroatoms. The number of rotatable bonds is 7. The van der Waals surface area contributed by atoms with Gasteiger partial charge in [0.05, 0.1) is 36.5 Å². The molecule has 254 valence electrons. The van der Waals surface area contributed by atoms with E-state index in [4.69, 9.17) is 15.6 Å². The lowest BCUT2D eigenvalue weighted by atomic mass is 9.83. The van der Waals surface area contributed by atoms with Crippen molar-refractivity contribution < 1.29 is 23.8 Å². The van der Waals surface area contributed by atoms with E-state index in [1.165, 1.54) is 28.8 Å². The van der Waals surface area contributed by atoms with Crippen molar-refractivity contribution in [1.82, 2.24) is 24.0 Å². The lowest BCUT2D eigenvalue weighted by Gasteiger charge is -2.42. The summed E-state index contributed by atoms with van der Waals surface area (Å²) in [4.78, 5) is 30.3. The van der Waals surface area contributed by atoms with Gasteiger partial charge in [-0.1, -0.05) is 18.2 Å². The van der Waals surface area contributed by atoms with E-state index >= 15 is 0 Å². The van der Waals surface area contributed by atoms with Crippen molar-refractivity contribution in [2.24, 2.45) is 17.6 Å². The molecule has 0 unspecified atom stereocenters. The number of halogens is 1. The lowest BCUT2D eigenvalue weighted by Crippen LogP contribution is -2.51. The van der Waals surface area contributed by atoms with Crippen LogP contribution in [0.5, 0.6) is 5.75 Å². The summed E-state index contributed by atoms with van der Waals surface area (Å²) in [6.07, 6.45) is 5.93. The predicted molar refractivity (Wildman–Crippen MR) is 181 cm³/mol. The van der Waals surface area contributed by atoms with E-state index in [9.17, 15) is 19.1 Å². The molecule has 3 N–H and O–H groups in total. The van der Waals surface area contributed by atoms with Crippen LogP contribution in [0.2, 0.25) is 0 Å². The molecule has 5 heterocycles. The number of alkyl halides is 1. The highest BCUT2D eigenvalue weighted by atomic mass is 19.1. The first-order valence-corrected chi connectivity index (χ1v) is 17.5. The Morgan fingerprint density at radius 3 is 2.50 bits per heavy atom. The van der Waals surface area contributed by atoms with Gasteiger partial charge in [0.1, 0.15) is 23.1 Å². The number of para-hydroxylation sites is 1. The van der Waals surface area contributed by atoms with Gasteiger partial charge >= 0.3 is 0 Å². The molecule has 2 amide bonds. The first-order valence-electron chi connectivity index (χ1n) is 17.5. The molecular formula is C37H45FN6O4. The fourth-order valence-electron chi connectivity index (χ4n) is 8.29. The molecular weight excluding hydrogens is 611 g/mol. The number of piperidine rings is 1. The first-order chi connectivity index (χ1) is 23.2. The number of nitrogens with zero attached hydrogens (tertiary/aromatic N) is 5. The number of hydrogen-bond donors (Lipinski definition) is 2. The molecule has 2 aliphatic carbocycles. The number of carbonyl (C=O) groups excluding carboxylic acids is 2. The van der Waals surface area contributed by atoms with Gasteiger partial charge < -0.3 is 29.9 Å². The molecule has 4 fully saturated rings. The van der Waals surface area contributed by atoms with E-state index in [0.717, 1.165) is 47.2 Å². The molecule has 0 radical (unpaired) electrons. The van der Waals surface area contributed by atoms with Crippen LogP contribution in [-0.4, -0.2) is 92.5 Å². The van der Waals surface area contributed by atoms with Crippen LogP contribution in [-0.2, 0) is 11.3 Å². The average Bonchev–Trinajstić information content (AvgIpc) is 3.71. The number of aryl methyl sites for hydroxylation is 1.